The van der Waals surface area contributed by atoms with Gasteiger partial charge >= 0.3 is 66.6 Å². The summed E-state index contributed by atoms with van der Waals surface area (Å²) in [5.74, 6) is 0. The van der Waals surface area contributed by atoms with Crippen LogP contribution in [0.15, 0.2) is 121 Å². The smallest absolute Gasteiger partial charge is 1.00 e. The Morgan fingerprint density at radius 2 is 0.719 bits per heavy atom. The second kappa shape index (κ2) is 20.2. The average molecular weight is 1030 g/mol. The first kappa shape index (κ1) is 52.5. The van der Waals surface area contributed by atoms with Gasteiger partial charge in [0.1, 0.15) is 0 Å². The fourth-order valence-corrected chi connectivity index (χ4v) is 7.69. The molecule has 0 bridgehead atoms. The van der Waals surface area contributed by atoms with Crippen molar-refractivity contribution in [3.63, 3.8) is 0 Å². The van der Waals surface area contributed by atoms with Crippen LogP contribution >= 0.6 is 0 Å². The maximum Gasteiger partial charge on any atom is -1.00 e. The summed E-state index contributed by atoms with van der Waals surface area (Å²) in [6, 6.07) is 28.5. The summed E-state index contributed by atoms with van der Waals surface area (Å²) >= 11 is 1.74. The second-order valence-corrected chi connectivity index (χ2v) is 24.2. The Balaban J connectivity index is 0.000000252. The Kier molecular flexibility index (Phi) is 16.6. The number of halogens is 14. The van der Waals surface area contributed by atoms with E-state index in [1.54, 1.807) is 59.7 Å². The zero-order valence-electron chi connectivity index (χ0n) is 34.3. The van der Waals surface area contributed by atoms with Crippen molar-refractivity contribution >= 4 is 48.5 Å². The van der Waals surface area contributed by atoms with Gasteiger partial charge in [0, 0.05) is 0 Å². The Morgan fingerprint density at radius 3 is 1.00 bits per heavy atom. The minimum Gasteiger partial charge on any atom is -1.00 e. The molecular formula is C48H36Cl2F12SiZr-2. The van der Waals surface area contributed by atoms with Crippen LogP contribution in [-0.2, 0) is 60.9 Å². The Hall–Kier alpha value is -4.10. The molecule has 0 saturated heterocycles. The van der Waals surface area contributed by atoms with Gasteiger partial charge < -0.3 is 24.8 Å². The van der Waals surface area contributed by atoms with E-state index in [1.807, 2.05) is 26.0 Å². The molecule has 0 aliphatic rings. The topological polar surface area (TPSA) is 0 Å². The van der Waals surface area contributed by atoms with Crippen molar-refractivity contribution in [2.45, 2.75) is 64.5 Å². The number of aryl methyl sites for hydroxylation is 2. The van der Waals surface area contributed by atoms with Gasteiger partial charge in [0.2, 0.25) is 0 Å². The minimum absolute atomic E-state index is 0. The van der Waals surface area contributed by atoms with E-state index in [2.05, 4.69) is 13.1 Å². The molecule has 0 atom stereocenters. The first-order valence-corrected chi connectivity index (χ1v) is 25.4. The maximum absolute atomic E-state index is 13.9. The second-order valence-electron chi connectivity index (χ2n) is 14.8. The third kappa shape index (κ3) is 11.1. The van der Waals surface area contributed by atoms with Crippen LogP contribution in [0.3, 0.4) is 0 Å². The predicted octanol–water partition coefficient (Wildman–Crippen LogP) is 10.8. The van der Waals surface area contributed by atoms with Crippen molar-refractivity contribution in [1.82, 2.24) is 0 Å². The predicted molar refractivity (Wildman–Crippen MR) is 221 cm³/mol. The van der Waals surface area contributed by atoms with Crippen LogP contribution in [0.25, 0.3) is 65.3 Å². The first-order chi connectivity index (χ1) is 28.9. The number of rotatable bonds is 4. The van der Waals surface area contributed by atoms with Crippen molar-refractivity contribution in [1.29, 1.82) is 0 Å². The fourth-order valence-electron chi connectivity index (χ4n) is 7.69. The van der Waals surface area contributed by atoms with Crippen LogP contribution in [-0.4, -0.2) is 5.43 Å². The van der Waals surface area contributed by atoms with Crippen molar-refractivity contribution in [2.24, 2.45) is 0 Å². The molecule has 8 aromatic rings. The Labute approximate surface area is 388 Å². The van der Waals surface area contributed by atoms with E-state index < -0.39 is 47.0 Å². The molecular weight excluding hydrogens is 995 g/mol. The molecule has 336 valence electrons. The molecule has 0 unspecified atom stereocenters. The number of benzene rings is 6. The largest absolute Gasteiger partial charge is 1.00 e. The number of hydrogen-bond acceptors (Lipinski definition) is 0. The fraction of sp³-hybridized carbons (Fsp3) is 0.208. The summed E-state index contributed by atoms with van der Waals surface area (Å²) in [5.41, 5.74) is -2.90. The molecule has 16 heteroatoms. The van der Waals surface area contributed by atoms with Gasteiger partial charge in [-0.2, -0.15) is 64.8 Å². The minimum atomic E-state index is -4.94. The number of hydrogen-bond donors (Lipinski definition) is 0. The van der Waals surface area contributed by atoms with Crippen LogP contribution in [0.2, 0.25) is 13.1 Å². The van der Waals surface area contributed by atoms with Gasteiger partial charge in [-0.3, -0.25) is 0 Å². The summed E-state index contributed by atoms with van der Waals surface area (Å²) in [6.07, 6.45) is -18.3. The summed E-state index contributed by atoms with van der Waals surface area (Å²) in [5, 5.41) is 2.08. The molecule has 8 aromatic carbocycles. The van der Waals surface area contributed by atoms with Crippen molar-refractivity contribution in [3.05, 3.63) is 155 Å². The number of fused-ring (bicyclic) bond motifs is 4. The third-order valence-corrected chi connectivity index (χ3v) is 10.3. The number of alkyl halides is 12. The van der Waals surface area contributed by atoms with E-state index in [1.165, 1.54) is 60.7 Å². The molecule has 0 N–H and O–H groups in total. The van der Waals surface area contributed by atoms with E-state index in [0.29, 0.717) is 23.6 Å². The van der Waals surface area contributed by atoms with Crippen LogP contribution in [0, 0.1) is 0 Å². The van der Waals surface area contributed by atoms with Gasteiger partial charge in [0.25, 0.3) is 0 Å². The van der Waals surface area contributed by atoms with Gasteiger partial charge in [-0.15, -0.1) is 69.1 Å². The van der Waals surface area contributed by atoms with E-state index in [0.717, 1.165) is 21.9 Å². The molecule has 0 spiro atoms. The summed E-state index contributed by atoms with van der Waals surface area (Å²) < 4.78 is 165. The van der Waals surface area contributed by atoms with E-state index in [4.69, 9.17) is 0 Å². The Bertz CT molecular complexity index is 2740. The van der Waals surface area contributed by atoms with Crippen LogP contribution in [0.4, 0.5) is 52.7 Å². The first-order valence-electron chi connectivity index (χ1n) is 19.2. The molecule has 0 radical (unpaired) electrons. The normalized spacial score (nSPS) is 12.0. The van der Waals surface area contributed by atoms with E-state index >= 15 is 0 Å². The van der Waals surface area contributed by atoms with Gasteiger partial charge in [0.15, 0.2) is 0 Å². The molecule has 64 heavy (non-hydrogen) atoms. The Morgan fingerprint density at radius 1 is 0.422 bits per heavy atom. The zero-order valence-corrected chi connectivity index (χ0v) is 39.2. The van der Waals surface area contributed by atoms with Crippen molar-refractivity contribution in [2.75, 3.05) is 0 Å². The quantitative estimate of drug-likeness (QED) is 0.0936. The summed E-state index contributed by atoms with van der Waals surface area (Å²) in [4.78, 5) is 0. The van der Waals surface area contributed by atoms with E-state index in [9.17, 15) is 52.7 Å². The van der Waals surface area contributed by atoms with Crippen LogP contribution < -0.4 is 24.8 Å². The molecule has 0 saturated carbocycles. The van der Waals surface area contributed by atoms with Crippen LogP contribution in [0.5, 0.6) is 0 Å². The third-order valence-electron chi connectivity index (χ3n) is 10.3. The SMILES string of the molecule is CCc1cc2c(-c3c(C(F)(F)F)cc(C(F)(F)F)c4ccccc34)cccc2[cH-]1.CCc1cc2c(-c3c(C(F)(F)F)cc(C(F)(F)F)c4ccccc34)cccc2[cH-]1.C[Si](C)=[Zr+2].[Cl-].[Cl-]. The monoisotopic (exact) mass is 1030 g/mol. The van der Waals surface area contributed by atoms with Crippen LogP contribution in [0.1, 0.15) is 47.2 Å². The maximum atomic E-state index is 13.9. The zero-order chi connectivity index (χ0) is 45.5. The van der Waals surface area contributed by atoms with Gasteiger partial charge in [-0.25, -0.2) is 0 Å². The summed E-state index contributed by atoms with van der Waals surface area (Å²) in [6.45, 7) is 8.48. The molecule has 0 heterocycles. The molecule has 0 amide bonds. The molecule has 0 fully saturated rings. The average Bonchev–Trinajstić information content (AvgIpc) is 3.83. The summed E-state index contributed by atoms with van der Waals surface area (Å²) in [7, 11) is 0. The standard InChI is InChI=1S/2C23H15F6.C2H6Si.2ClH.Zr/c2*1-2-13-10-14-6-5-9-17(18(14)11-13)21-16-8-4-3-7-15(16)19(22(24,25)26)12-20(21)23(27,28)29;1-3-2;;;/h2*3-12H,2H2,1H3;1-2H3;2*1H;/q2*-1;;;;+2/p-2. The van der Waals surface area contributed by atoms with Gasteiger partial charge in [0.05, 0.1) is 22.3 Å². The molecule has 0 aromatic heterocycles. The van der Waals surface area contributed by atoms with Gasteiger partial charge in [-0.1, -0.05) is 85.6 Å². The van der Waals surface area contributed by atoms with Crippen molar-refractivity contribution < 1.29 is 101 Å². The molecule has 0 aliphatic carbocycles. The van der Waals surface area contributed by atoms with E-state index in [-0.39, 0.29) is 86.2 Å². The molecule has 0 nitrogen and oxygen atoms in total. The van der Waals surface area contributed by atoms with Gasteiger partial charge in [-0.05, 0) is 57.6 Å². The molecule has 0 aliphatic heterocycles. The molecule has 8 rings (SSSR count). The van der Waals surface area contributed by atoms with Crippen molar-refractivity contribution in [3.8, 4) is 22.3 Å².